The summed E-state index contributed by atoms with van der Waals surface area (Å²) in [6, 6.07) is 0. The number of rotatable bonds is 0. The van der Waals surface area contributed by atoms with E-state index in [1.54, 1.807) is 0 Å². The molecule has 0 saturated heterocycles. The fourth-order valence-corrected chi connectivity index (χ4v) is 0. The van der Waals surface area contributed by atoms with E-state index in [0.717, 1.165) is 0 Å². The van der Waals surface area contributed by atoms with E-state index in [2.05, 4.69) is 13.6 Å². The zero-order chi connectivity index (χ0) is 2.00. The zero-order valence-corrected chi connectivity index (χ0v) is 6.64. The summed E-state index contributed by atoms with van der Waals surface area (Å²) in [5.41, 5.74) is 0. The molecule has 0 fully saturated rings. The second kappa shape index (κ2) is 35.1. The molecule has 0 amide bonds. The Morgan fingerprint density at radius 3 is 1.00 bits per heavy atom. The van der Waals surface area contributed by atoms with Crippen LogP contribution in [-0.4, -0.2) is 11.0 Å². The first kappa shape index (κ1) is 19.9. The fourth-order valence-electron chi connectivity index (χ4n) is 0. The van der Waals surface area contributed by atoms with Gasteiger partial charge in [0.2, 0.25) is 0 Å². The van der Waals surface area contributed by atoms with Crippen molar-refractivity contribution in [2.24, 2.45) is 0 Å². The molecule has 25 valence electrons. The first-order chi connectivity index (χ1) is 1.00. The Morgan fingerprint density at radius 2 is 1.00 bits per heavy atom. The van der Waals surface area contributed by atoms with Crippen LogP contribution in [0.5, 0.6) is 0 Å². The molecular formula is H4BrO2Zn. The van der Waals surface area contributed by atoms with Crippen molar-refractivity contribution in [1.29, 1.82) is 0 Å². The monoisotopic (exact) mass is 179 g/mol. The van der Waals surface area contributed by atoms with Crippen LogP contribution in [-0.2, 0) is 16.3 Å². The van der Waals surface area contributed by atoms with Crippen LogP contribution in [0.4, 0.5) is 0 Å². The normalized spacial score (nSPS) is 1.75. The molecule has 0 bridgehead atoms. The number of hydrogen-bond acceptors (Lipinski definition) is 0. The van der Waals surface area contributed by atoms with Crippen LogP contribution in [0, 0.1) is 0 Å². The first-order valence-electron chi connectivity index (χ1n) is 0.267. The van der Waals surface area contributed by atoms with Crippen LogP contribution >= 0.6 is 13.6 Å². The summed E-state index contributed by atoms with van der Waals surface area (Å²) in [7, 11) is 0. The maximum atomic E-state index is 3.06. The molecule has 0 aliphatic rings. The molecule has 0 saturated carbocycles. The summed E-state index contributed by atoms with van der Waals surface area (Å²) in [4.78, 5) is 0. The molecule has 0 aromatic heterocycles. The molecule has 0 unspecified atom stereocenters. The van der Waals surface area contributed by atoms with E-state index < -0.39 is 0 Å². The number of halogens is 1. The minimum atomic E-state index is 0. The van der Waals surface area contributed by atoms with Crippen LogP contribution in [0.15, 0.2) is 0 Å². The Hall–Kier alpha value is 1.02. The Labute approximate surface area is 41.2 Å². The molecule has 4 N–H and O–H groups in total. The van der Waals surface area contributed by atoms with Crippen LogP contribution in [0.1, 0.15) is 0 Å². The second-order valence-electron chi connectivity index (χ2n) is 0. The van der Waals surface area contributed by atoms with E-state index in [1.807, 2.05) is 0 Å². The predicted molar refractivity (Wildman–Crippen MR) is 16.2 cm³/mol. The van der Waals surface area contributed by atoms with Gasteiger partial charge in [-0.2, -0.15) is 0 Å². The van der Waals surface area contributed by atoms with Gasteiger partial charge in [0.25, 0.3) is 0 Å². The van der Waals surface area contributed by atoms with Gasteiger partial charge in [-0.1, -0.05) is 0 Å². The summed E-state index contributed by atoms with van der Waals surface area (Å²) in [6.07, 6.45) is 0. The van der Waals surface area contributed by atoms with Crippen molar-refractivity contribution in [2.45, 2.75) is 0 Å². The van der Waals surface area contributed by atoms with E-state index in [1.165, 1.54) is 16.3 Å². The third-order valence-electron chi connectivity index (χ3n) is 0. The van der Waals surface area contributed by atoms with Crippen LogP contribution in [0.25, 0.3) is 0 Å². The Morgan fingerprint density at radius 1 is 1.00 bits per heavy atom. The van der Waals surface area contributed by atoms with Crippen LogP contribution in [0.2, 0.25) is 0 Å². The quantitative estimate of drug-likeness (QED) is 0.439. The van der Waals surface area contributed by atoms with Crippen LogP contribution in [0.3, 0.4) is 0 Å². The summed E-state index contributed by atoms with van der Waals surface area (Å²) < 4.78 is 0. The molecule has 0 radical (unpaired) electrons. The van der Waals surface area contributed by atoms with Gasteiger partial charge in [0.05, 0.1) is 0 Å². The third kappa shape index (κ3) is 11.8. The summed E-state index contributed by atoms with van der Waals surface area (Å²) in [5.74, 6) is 0. The van der Waals surface area contributed by atoms with Crippen molar-refractivity contribution in [3.63, 3.8) is 0 Å². The molecule has 0 rings (SSSR count). The van der Waals surface area contributed by atoms with Gasteiger partial charge in [-0.3, -0.25) is 0 Å². The van der Waals surface area contributed by atoms with Crippen molar-refractivity contribution in [3.05, 3.63) is 0 Å². The van der Waals surface area contributed by atoms with Gasteiger partial charge in [0.1, 0.15) is 0 Å². The van der Waals surface area contributed by atoms with Crippen molar-refractivity contribution in [1.82, 2.24) is 0 Å². The molecule has 0 aliphatic carbocycles. The van der Waals surface area contributed by atoms with Crippen molar-refractivity contribution < 1.29 is 27.3 Å². The Balaban J connectivity index is -0.00000000500. The van der Waals surface area contributed by atoms with Crippen LogP contribution < -0.4 is 0 Å². The van der Waals surface area contributed by atoms with Gasteiger partial charge in [0, 0.05) is 0 Å². The van der Waals surface area contributed by atoms with E-state index in [9.17, 15) is 0 Å². The van der Waals surface area contributed by atoms with Gasteiger partial charge < -0.3 is 11.0 Å². The maximum absolute atomic E-state index is 3.06. The first-order valence-corrected chi connectivity index (χ1v) is 7.22. The average Bonchev–Trinajstić information content (AvgIpc) is 1.00. The number of hydrogen-bond donors (Lipinski definition) is 0. The molecule has 0 aromatic rings. The second-order valence-corrected chi connectivity index (χ2v) is 0. The van der Waals surface area contributed by atoms with Crippen molar-refractivity contribution >= 4 is 13.6 Å². The van der Waals surface area contributed by atoms with Gasteiger partial charge in [-0.25, -0.2) is 0 Å². The molecule has 0 aromatic carbocycles. The molecular weight excluding hydrogens is 177 g/mol. The minimum absolute atomic E-state index is 0. The average molecular weight is 181 g/mol. The van der Waals surface area contributed by atoms with E-state index in [4.69, 9.17) is 0 Å². The van der Waals surface area contributed by atoms with E-state index >= 15 is 0 Å². The Kier molecular flexibility index (Phi) is 174. The molecule has 0 aliphatic heterocycles. The summed E-state index contributed by atoms with van der Waals surface area (Å²) in [5, 5.41) is 0. The Bertz CT molecular complexity index is 6.00. The molecule has 4 heavy (non-hydrogen) atoms. The molecule has 0 spiro atoms. The van der Waals surface area contributed by atoms with E-state index in [0.29, 0.717) is 0 Å². The SMILES string of the molecule is O.O.[Zn][Br]. The van der Waals surface area contributed by atoms with E-state index in [-0.39, 0.29) is 11.0 Å². The third-order valence-corrected chi connectivity index (χ3v) is 0. The topological polar surface area (TPSA) is 63.0 Å². The predicted octanol–water partition coefficient (Wildman–Crippen LogP) is -0.806. The molecule has 0 atom stereocenters. The zero-order valence-electron chi connectivity index (χ0n) is 2.09. The molecule has 2 nitrogen and oxygen atoms in total. The summed E-state index contributed by atoms with van der Waals surface area (Å²) >= 11 is 4.25. The van der Waals surface area contributed by atoms with Crippen molar-refractivity contribution in [3.8, 4) is 0 Å². The standard InChI is InChI=1S/BrH.2H2O.Zn/h1H;2*1H2;/q;;;+1/p-1. The van der Waals surface area contributed by atoms with Gasteiger partial charge in [-0.05, 0) is 0 Å². The van der Waals surface area contributed by atoms with Gasteiger partial charge in [-0.15, -0.1) is 0 Å². The summed E-state index contributed by atoms with van der Waals surface area (Å²) in [6.45, 7) is 0. The molecule has 0 heterocycles. The van der Waals surface area contributed by atoms with Gasteiger partial charge in [0.15, 0.2) is 0 Å². The van der Waals surface area contributed by atoms with Gasteiger partial charge >= 0.3 is 30.0 Å². The molecule has 4 heteroatoms. The van der Waals surface area contributed by atoms with Crippen molar-refractivity contribution in [2.75, 3.05) is 0 Å². The fraction of sp³-hybridized carbons (Fsp3) is 0.